The molecule has 0 radical (unpaired) electrons. The van der Waals surface area contributed by atoms with Crippen LogP contribution in [0.3, 0.4) is 0 Å². The van der Waals surface area contributed by atoms with E-state index in [0.717, 1.165) is 16.8 Å². The van der Waals surface area contributed by atoms with Gasteiger partial charge in [0.15, 0.2) is 0 Å². The molecule has 0 spiro atoms. The first-order valence-electron chi connectivity index (χ1n) is 8.04. The minimum absolute atomic E-state index is 0.284. The number of ether oxygens (including phenoxy) is 2. The van der Waals surface area contributed by atoms with Crippen LogP contribution in [0.15, 0.2) is 60.8 Å². The molecule has 1 heterocycles. The Bertz CT molecular complexity index is 885. The van der Waals surface area contributed by atoms with E-state index in [1.807, 2.05) is 60.8 Å². The van der Waals surface area contributed by atoms with Crippen LogP contribution in [-0.2, 0) is 4.74 Å². The van der Waals surface area contributed by atoms with Crippen LogP contribution in [0, 0.1) is 0 Å². The molecule has 25 heavy (non-hydrogen) atoms. The first kappa shape index (κ1) is 16.6. The largest absolute Gasteiger partial charge is 0.495 e. The van der Waals surface area contributed by atoms with Crippen molar-refractivity contribution in [3.8, 4) is 22.6 Å². The molecule has 128 valence electrons. The van der Waals surface area contributed by atoms with Gasteiger partial charge in [0.1, 0.15) is 17.1 Å². The van der Waals surface area contributed by atoms with Crippen molar-refractivity contribution in [2.24, 2.45) is 0 Å². The highest BCUT2D eigenvalue weighted by Gasteiger charge is 2.24. The van der Waals surface area contributed by atoms with E-state index in [2.05, 4.69) is 0 Å². The van der Waals surface area contributed by atoms with Crippen LogP contribution in [-0.4, -0.2) is 24.3 Å². The normalized spacial score (nSPS) is 10.5. The molecule has 0 aliphatic carbocycles. The SMILES string of the molecule is CCOC(=O)c1c(-c2ccccc2)cn(-c2ccccc2OC)c1N. The van der Waals surface area contributed by atoms with Crippen molar-refractivity contribution in [3.05, 3.63) is 66.4 Å². The number of nitrogens with zero attached hydrogens (tertiary/aromatic N) is 1. The second kappa shape index (κ2) is 7.13. The molecule has 0 saturated heterocycles. The summed E-state index contributed by atoms with van der Waals surface area (Å²) in [5.41, 5.74) is 9.07. The predicted molar refractivity (Wildman–Crippen MR) is 98.1 cm³/mol. The Morgan fingerprint density at radius 3 is 2.44 bits per heavy atom. The van der Waals surface area contributed by atoms with Gasteiger partial charge in [0.2, 0.25) is 0 Å². The summed E-state index contributed by atoms with van der Waals surface area (Å²) in [7, 11) is 1.60. The number of anilines is 1. The number of methoxy groups -OCH3 is 1. The van der Waals surface area contributed by atoms with Crippen LogP contribution >= 0.6 is 0 Å². The number of nitrogen functional groups attached to an aromatic ring is 1. The summed E-state index contributed by atoms with van der Waals surface area (Å²) in [4.78, 5) is 12.5. The van der Waals surface area contributed by atoms with E-state index in [0.29, 0.717) is 17.1 Å². The standard InChI is InChI=1S/C20H20N2O3/c1-3-25-20(23)18-15(14-9-5-4-6-10-14)13-22(19(18)21)16-11-7-8-12-17(16)24-2/h4-13H,3,21H2,1-2H3. The third-order valence-corrected chi connectivity index (χ3v) is 3.95. The lowest BCUT2D eigenvalue weighted by Gasteiger charge is -2.11. The van der Waals surface area contributed by atoms with Gasteiger partial charge in [-0.1, -0.05) is 42.5 Å². The predicted octanol–water partition coefficient (Wildman–Crippen LogP) is 3.91. The molecule has 2 aromatic carbocycles. The molecule has 0 aliphatic heterocycles. The second-order valence-electron chi connectivity index (χ2n) is 5.43. The third kappa shape index (κ3) is 3.08. The van der Waals surface area contributed by atoms with Gasteiger partial charge < -0.3 is 15.2 Å². The summed E-state index contributed by atoms with van der Waals surface area (Å²) >= 11 is 0. The van der Waals surface area contributed by atoms with Crippen molar-refractivity contribution in [1.82, 2.24) is 4.57 Å². The van der Waals surface area contributed by atoms with E-state index < -0.39 is 5.97 Å². The lowest BCUT2D eigenvalue weighted by molar-refractivity contribution is 0.0528. The third-order valence-electron chi connectivity index (χ3n) is 3.95. The van der Waals surface area contributed by atoms with Crippen LogP contribution in [0.25, 0.3) is 16.8 Å². The maximum Gasteiger partial charge on any atom is 0.342 e. The van der Waals surface area contributed by atoms with E-state index in [9.17, 15) is 4.79 Å². The molecule has 3 rings (SSSR count). The van der Waals surface area contributed by atoms with E-state index in [-0.39, 0.29) is 6.61 Å². The summed E-state index contributed by atoms with van der Waals surface area (Å²) in [6.07, 6.45) is 1.84. The van der Waals surface area contributed by atoms with Crippen LogP contribution in [0.4, 0.5) is 5.82 Å². The maximum absolute atomic E-state index is 12.5. The minimum Gasteiger partial charge on any atom is -0.495 e. The highest BCUT2D eigenvalue weighted by Crippen LogP contribution is 2.35. The molecule has 0 atom stereocenters. The topological polar surface area (TPSA) is 66.5 Å². The summed E-state index contributed by atoms with van der Waals surface area (Å²) in [6, 6.07) is 17.1. The number of carbonyl (C=O) groups excluding carboxylic acids is 1. The molecule has 0 amide bonds. The van der Waals surface area contributed by atoms with Crippen molar-refractivity contribution >= 4 is 11.8 Å². The Morgan fingerprint density at radius 2 is 1.76 bits per heavy atom. The lowest BCUT2D eigenvalue weighted by Crippen LogP contribution is -2.09. The fourth-order valence-corrected chi connectivity index (χ4v) is 2.80. The number of aromatic nitrogens is 1. The first-order valence-corrected chi connectivity index (χ1v) is 8.04. The van der Waals surface area contributed by atoms with Crippen molar-refractivity contribution in [3.63, 3.8) is 0 Å². The number of esters is 1. The molecule has 2 N–H and O–H groups in total. The molecule has 3 aromatic rings. The quantitative estimate of drug-likeness (QED) is 0.717. The lowest BCUT2D eigenvalue weighted by atomic mass is 10.0. The average molecular weight is 336 g/mol. The first-order chi connectivity index (χ1) is 12.2. The van der Waals surface area contributed by atoms with Gasteiger partial charge in [-0.3, -0.25) is 4.57 Å². The second-order valence-corrected chi connectivity index (χ2v) is 5.43. The average Bonchev–Trinajstić information content (AvgIpc) is 3.00. The zero-order valence-electron chi connectivity index (χ0n) is 14.2. The van der Waals surface area contributed by atoms with E-state index in [1.165, 1.54) is 0 Å². The van der Waals surface area contributed by atoms with Crippen molar-refractivity contribution in [1.29, 1.82) is 0 Å². The number of nitrogens with two attached hydrogens (primary N) is 1. The Kier molecular flexibility index (Phi) is 4.75. The monoisotopic (exact) mass is 336 g/mol. The summed E-state index contributed by atoms with van der Waals surface area (Å²) in [5.74, 6) is 0.550. The Balaban J connectivity index is 2.24. The van der Waals surface area contributed by atoms with Crippen LogP contribution < -0.4 is 10.5 Å². The summed E-state index contributed by atoms with van der Waals surface area (Å²) < 4.78 is 12.4. The van der Waals surface area contributed by atoms with E-state index in [1.54, 1.807) is 18.6 Å². The number of hydrogen-bond acceptors (Lipinski definition) is 4. The molecular weight excluding hydrogens is 316 g/mol. The number of para-hydroxylation sites is 2. The highest BCUT2D eigenvalue weighted by molar-refractivity contribution is 6.02. The van der Waals surface area contributed by atoms with Gasteiger partial charge in [0.25, 0.3) is 0 Å². The van der Waals surface area contributed by atoms with Crippen molar-refractivity contribution < 1.29 is 14.3 Å². The number of benzene rings is 2. The molecule has 0 saturated carbocycles. The summed E-state index contributed by atoms with van der Waals surface area (Å²) in [5, 5.41) is 0. The van der Waals surface area contributed by atoms with E-state index in [4.69, 9.17) is 15.2 Å². The van der Waals surface area contributed by atoms with Gasteiger partial charge in [0, 0.05) is 11.8 Å². The molecule has 0 fully saturated rings. The Hall–Kier alpha value is -3.21. The molecule has 0 aliphatic rings. The van der Waals surface area contributed by atoms with Gasteiger partial charge in [-0.25, -0.2) is 4.79 Å². The summed E-state index contributed by atoms with van der Waals surface area (Å²) in [6.45, 7) is 2.06. The van der Waals surface area contributed by atoms with Crippen molar-refractivity contribution in [2.75, 3.05) is 19.5 Å². The molecule has 5 heteroatoms. The van der Waals surface area contributed by atoms with Crippen LogP contribution in [0.1, 0.15) is 17.3 Å². The smallest absolute Gasteiger partial charge is 0.342 e. The van der Waals surface area contributed by atoms with Gasteiger partial charge in [-0.05, 0) is 24.6 Å². The fourth-order valence-electron chi connectivity index (χ4n) is 2.80. The molecule has 0 unspecified atom stereocenters. The van der Waals surface area contributed by atoms with Gasteiger partial charge >= 0.3 is 5.97 Å². The Labute approximate surface area is 146 Å². The molecule has 0 bridgehead atoms. The van der Waals surface area contributed by atoms with Gasteiger partial charge in [-0.2, -0.15) is 0 Å². The zero-order chi connectivity index (χ0) is 17.8. The van der Waals surface area contributed by atoms with Gasteiger partial charge in [0.05, 0.1) is 19.4 Å². The number of rotatable bonds is 5. The van der Waals surface area contributed by atoms with Crippen LogP contribution in [0.2, 0.25) is 0 Å². The van der Waals surface area contributed by atoms with Crippen LogP contribution in [0.5, 0.6) is 5.75 Å². The van der Waals surface area contributed by atoms with Crippen molar-refractivity contribution in [2.45, 2.75) is 6.92 Å². The maximum atomic E-state index is 12.5. The zero-order valence-corrected chi connectivity index (χ0v) is 14.2. The highest BCUT2D eigenvalue weighted by atomic mass is 16.5. The molecule has 5 nitrogen and oxygen atoms in total. The molecular formula is C20H20N2O3. The minimum atomic E-state index is -0.437. The molecule has 1 aromatic heterocycles. The van der Waals surface area contributed by atoms with E-state index >= 15 is 0 Å². The van der Waals surface area contributed by atoms with Gasteiger partial charge in [-0.15, -0.1) is 0 Å². The number of hydrogen-bond donors (Lipinski definition) is 1. The number of carbonyl (C=O) groups is 1. The fraction of sp³-hybridized carbons (Fsp3) is 0.150. The Morgan fingerprint density at radius 1 is 1.08 bits per heavy atom.